The van der Waals surface area contributed by atoms with Crippen molar-refractivity contribution in [2.45, 2.75) is 84.0 Å². The molecule has 3 heterocycles. The Labute approximate surface area is 315 Å². The molecule has 1 aliphatic rings. The fraction of sp³-hybridized carbons (Fsp3) is 0.462. The molecule has 3 amide bonds. The van der Waals surface area contributed by atoms with E-state index < -0.39 is 42.6 Å². The Morgan fingerprint density at radius 3 is 1.85 bits per heavy atom. The smallest absolute Gasteiger partial charge is 0.407 e. The van der Waals surface area contributed by atoms with Gasteiger partial charge >= 0.3 is 12.2 Å². The standard InChI is InChI=1S/C39H52N8O7/c1-21(2)31(45-38(51)53-6)36(49)44-33(23(5)48)35-41-20-29(43-35)27-16-12-25(13-17-27)24-10-14-26(15-11-24)28-19-40-34(42-28)30-9-8-18-47(30)37(50)32(22(3)4)46-39(52)54-7/h10-17,19-23,30-33,36,44,48-49H,8-9,18H2,1-7H3,(H,40,42)(H,41,43)(H,45,51)(H,46,52)/t23-,30+,31+,32-,33+,36?/m1/s1. The summed E-state index contributed by atoms with van der Waals surface area (Å²) in [6.45, 7) is 9.68. The van der Waals surface area contributed by atoms with Gasteiger partial charge in [-0.1, -0.05) is 76.2 Å². The van der Waals surface area contributed by atoms with Crippen LogP contribution >= 0.6 is 0 Å². The van der Waals surface area contributed by atoms with Crippen molar-refractivity contribution in [2.75, 3.05) is 20.8 Å². The zero-order valence-electron chi connectivity index (χ0n) is 31.8. The van der Waals surface area contributed by atoms with Crippen LogP contribution in [0, 0.1) is 11.8 Å². The lowest BCUT2D eigenvalue weighted by Gasteiger charge is -2.31. The Bertz CT molecular complexity index is 1850. The Kier molecular flexibility index (Phi) is 13.1. The molecule has 2 aromatic heterocycles. The van der Waals surface area contributed by atoms with E-state index in [2.05, 4.69) is 35.9 Å². The molecule has 1 unspecified atom stereocenters. The molecule has 0 saturated carbocycles. The molecule has 0 aliphatic carbocycles. The van der Waals surface area contributed by atoms with E-state index in [1.54, 1.807) is 24.2 Å². The first kappa shape index (κ1) is 39.9. The average molecular weight is 745 g/mol. The number of hydrogen-bond acceptors (Lipinski definition) is 10. The lowest BCUT2D eigenvalue weighted by molar-refractivity contribution is -0.135. The van der Waals surface area contributed by atoms with Crippen molar-refractivity contribution in [3.05, 3.63) is 72.6 Å². The maximum Gasteiger partial charge on any atom is 0.407 e. The number of carbonyl (C=O) groups excluding carboxylic acids is 3. The number of aliphatic hydroxyl groups excluding tert-OH is 2. The number of hydrogen-bond donors (Lipinski definition) is 7. The van der Waals surface area contributed by atoms with Gasteiger partial charge in [-0.3, -0.25) is 10.1 Å². The van der Waals surface area contributed by atoms with Gasteiger partial charge in [0.2, 0.25) is 5.91 Å². The second kappa shape index (κ2) is 17.7. The number of aromatic amines is 2. The topological polar surface area (TPSA) is 207 Å². The van der Waals surface area contributed by atoms with Crippen LogP contribution in [0.5, 0.6) is 0 Å². The molecular formula is C39H52N8O7. The second-order valence-corrected chi connectivity index (χ2v) is 14.3. The van der Waals surface area contributed by atoms with Crippen LogP contribution in [0.2, 0.25) is 0 Å². The second-order valence-electron chi connectivity index (χ2n) is 14.3. The predicted molar refractivity (Wildman–Crippen MR) is 203 cm³/mol. The molecule has 2 aromatic carbocycles. The molecule has 7 N–H and O–H groups in total. The summed E-state index contributed by atoms with van der Waals surface area (Å²) in [5.74, 6) is 0.750. The van der Waals surface area contributed by atoms with Crippen molar-refractivity contribution in [1.82, 2.24) is 40.8 Å². The monoisotopic (exact) mass is 744 g/mol. The number of likely N-dealkylation sites (tertiary alicyclic amines) is 1. The Morgan fingerprint density at radius 1 is 0.778 bits per heavy atom. The summed E-state index contributed by atoms with van der Waals surface area (Å²) >= 11 is 0. The highest BCUT2D eigenvalue weighted by Crippen LogP contribution is 2.33. The van der Waals surface area contributed by atoms with E-state index in [9.17, 15) is 24.6 Å². The van der Waals surface area contributed by atoms with Gasteiger partial charge in [0.25, 0.3) is 0 Å². The number of amides is 3. The number of methoxy groups -OCH3 is 2. The molecule has 290 valence electrons. The van der Waals surface area contributed by atoms with E-state index in [1.807, 2.05) is 76.2 Å². The van der Waals surface area contributed by atoms with Crippen molar-refractivity contribution in [1.29, 1.82) is 0 Å². The number of imidazole rings is 2. The highest BCUT2D eigenvalue weighted by molar-refractivity contribution is 5.86. The molecule has 0 radical (unpaired) electrons. The number of carbonyl (C=O) groups is 3. The third kappa shape index (κ3) is 9.27. The average Bonchev–Trinajstić information content (AvgIpc) is 3.96. The zero-order chi connectivity index (χ0) is 39.1. The van der Waals surface area contributed by atoms with Crippen molar-refractivity contribution in [2.24, 2.45) is 11.8 Å². The van der Waals surface area contributed by atoms with Crippen LogP contribution in [0.25, 0.3) is 33.6 Å². The Morgan fingerprint density at radius 2 is 1.31 bits per heavy atom. The SMILES string of the molecule is COC(=O)N[C@@H](C(C)C)C(O)N[C@H](c1ncc(-c2ccc(-c3ccc(-c4cnc([C@@H]5CCCN5C(=O)[C@H](NC(=O)OC)C(C)C)[nH]4)cc3)cc2)[nH]1)[C@@H](C)O. The number of ether oxygens (including phenoxy) is 2. The highest BCUT2D eigenvalue weighted by atomic mass is 16.5. The van der Waals surface area contributed by atoms with Gasteiger partial charge in [-0.15, -0.1) is 0 Å². The first-order valence-electron chi connectivity index (χ1n) is 18.2. The van der Waals surface area contributed by atoms with Crippen LogP contribution in [0.15, 0.2) is 60.9 Å². The summed E-state index contributed by atoms with van der Waals surface area (Å²) < 4.78 is 9.44. The summed E-state index contributed by atoms with van der Waals surface area (Å²) in [5.41, 5.74) is 5.45. The molecule has 0 spiro atoms. The molecule has 0 bridgehead atoms. The molecule has 54 heavy (non-hydrogen) atoms. The summed E-state index contributed by atoms with van der Waals surface area (Å²) in [6, 6.07) is 13.8. The van der Waals surface area contributed by atoms with Gasteiger partial charge in [-0.2, -0.15) is 0 Å². The fourth-order valence-electron chi connectivity index (χ4n) is 6.71. The van der Waals surface area contributed by atoms with Gasteiger partial charge in [0.15, 0.2) is 0 Å². The molecule has 5 rings (SSSR count). The number of nitrogens with one attached hydrogen (secondary N) is 5. The van der Waals surface area contributed by atoms with Crippen LogP contribution < -0.4 is 16.0 Å². The number of alkyl carbamates (subject to hydrolysis) is 2. The molecular weight excluding hydrogens is 692 g/mol. The van der Waals surface area contributed by atoms with Crippen molar-refractivity contribution in [3.8, 4) is 33.6 Å². The molecule has 4 aromatic rings. The third-order valence-corrected chi connectivity index (χ3v) is 9.81. The first-order valence-corrected chi connectivity index (χ1v) is 18.2. The number of H-pyrrole nitrogens is 2. The molecule has 1 aliphatic heterocycles. The van der Waals surface area contributed by atoms with Crippen molar-refractivity contribution >= 4 is 18.1 Å². The van der Waals surface area contributed by atoms with Gasteiger partial charge in [0, 0.05) is 6.54 Å². The quantitative estimate of drug-likeness (QED) is 0.0871. The molecule has 15 heteroatoms. The van der Waals surface area contributed by atoms with Crippen LogP contribution in [-0.2, 0) is 14.3 Å². The van der Waals surface area contributed by atoms with Gasteiger partial charge in [0.05, 0.1) is 62.2 Å². The Hall–Kier alpha value is -5.25. The van der Waals surface area contributed by atoms with E-state index in [0.29, 0.717) is 18.2 Å². The molecule has 6 atom stereocenters. The minimum Gasteiger partial charge on any atom is -0.453 e. The lowest BCUT2D eigenvalue weighted by atomic mass is 10.0. The number of aromatic nitrogens is 4. The van der Waals surface area contributed by atoms with E-state index in [4.69, 9.17) is 9.47 Å². The maximum absolute atomic E-state index is 13.5. The minimum atomic E-state index is -1.19. The summed E-state index contributed by atoms with van der Waals surface area (Å²) in [4.78, 5) is 54.9. The minimum absolute atomic E-state index is 0.113. The number of benzene rings is 2. The molecule has 15 nitrogen and oxygen atoms in total. The first-order chi connectivity index (χ1) is 25.8. The van der Waals surface area contributed by atoms with E-state index in [0.717, 1.165) is 46.5 Å². The van der Waals surface area contributed by atoms with Gasteiger partial charge in [0.1, 0.15) is 23.9 Å². The largest absolute Gasteiger partial charge is 0.453 e. The summed E-state index contributed by atoms with van der Waals surface area (Å²) in [7, 11) is 2.54. The van der Waals surface area contributed by atoms with Crippen LogP contribution in [0.4, 0.5) is 9.59 Å². The van der Waals surface area contributed by atoms with Crippen LogP contribution in [0.3, 0.4) is 0 Å². The highest BCUT2D eigenvalue weighted by Gasteiger charge is 2.37. The van der Waals surface area contributed by atoms with Crippen LogP contribution in [-0.4, -0.2) is 98.3 Å². The van der Waals surface area contributed by atoms with Crippen molar-refractivity contribution in [3.63, 3.8) is 0 Å². The van der Waals surface area contributed by atoms with E-state index in [1.165, 1.54) is 14.2 Å². The van der Waals surface area contributed by atoms with E-state index >= 15 is 0 Å². The van der Waals surface area contributed by atoms with E-state index in [-0.39, 0.29) is 23.8 Å². The summed E-state index contributed by atoms with van der Waals surface area (Å²) in [5, 5.41) is 29.8. The third-order valence-electron chi connectivity index (χ3n) is 9.81. The molecule has 1 saturated heterocycles. The van der Waals surface area contributed by atoms with Crippen LogP contribution in [0.1, 0.15) is 71.2 Å². The fourth-order valence-corrected chi connectivity index (χ4v) is 6.71. The van der Waals surface area contributed by atoms with Gasteiger partial charge in [-0.25, -0.2) is 19.6 Å². The predicted octanol–water partition coefficient (Wildman–Crippen LogP) is 4.89. The maximum atomic E-state index is 13.5. The van der Waals surface area contributed by atoms with Gasteiger partial charge < -0.3 is 45.2 Å². The normalized spacial score (nSPS) is 17.2. The lowest BCUT2D eigenvalue weighted by Crippen LogP contribution is -2.54. The number of rotatable bonds is 14. The number of aliphatic hydroxyl groups is 2. The van der Waals surface area contributed by atoms with Gasteiger partial charge in [-0.05, 0) is 53.9 Å². The Balaban J connectivity index is 1.24. The zero-order valence-corrected chi connectivity index (χ0v) is 31.8. The molecule has 1 fully saturated rings. The van der Waals surface area contributed by atoms with Crippen molar-refractivity contribution < 1.29 is 34.1 Å². The summed E-state index contributed by atoms with van der Waals surface area (Å²) in [6.07, 6.45) is 1.67. The number of nitrogens with zero attached hydrogens (tertiary/aromatic N) is 3.